The Morgan fingerprint density at radius 3 is 1.18 bits per heavy atom. The molecule has 0 N–H and O–H groups in total. The summed E-state index contributed by atoms with van der Waals surface area (Å²) < 4.78 is 0. The largest absolute Gasteiger partial charge is 0.145 e. The number of hydrogen-bond donors (Lipinski definition) is 0. The van der Waals surface area contributed by atoms with Crippen LogP contribution in [0.4, 0.5) is 0 Å². The van der Waals surface area contributed by atoms with Gasteiger partial charge in [-0.15, -0.1) is 5.73 Å². The zero-order valence-corrected chi connectivity index (χ0v) is 28.8. The van der Waals surface area contributed by atoms with E-state index in [0.717, 1.165) is 6.04 Å². The Balaban J connectivity index is 1.97. The lowest BCUT2D eigenvalue weighted by atomic mass is 10.4. The predicted octanol–water partition coefficient (Wildman–Crippen LogP) is 7.06. The molecule has 0 aliphatic carbocycles. The van der Waals surface area contributed by atoms with Crippen molar-refractivity contribution in [3.63, 3.8) is 0 Å². The standard InChI is InChI=1S/C35H44Si4/c1-36(2,3)37(4,5)35(39(7,33-25-16-10-17-26-33)34-27-18-11-19-28-34)29-20-30-38(6,31-21-12-8-13-22-31)32-23-14-9-15-24-32/h8-28H,30H2,1-7H3. The highest BCUT2D eigenvalue weighted by Crippen LogP contribution is 2.32. The zero-order chi connectivity index (χ0) is 28.2. The average molecular weight is 577 g/mol. The number of hydrogen-bond acceptors (Lipinski definition) is 0. The van der Waals surface area contributed by atoms with Crippen LogP contribution >= 0.6 is 0 Å². The lowest BCUT2D eigenvalue weighted by molar-refractivity contribution is 1.54. The van der Waals surface area contributed by atoms with Gasteiger partial charge in [-0.1, -0.05) is 178 Å². The molecule has 4 rings (SSSR count). The van der Waals surface area contributed by atoms with E-state index in [1.807, 2.05) is 0 Å². The quantitative estimate of drug-likeness (QED) is 0.148. The van der Waals surface area contributed by atoms with Crippen LogP contribution < -0.4 is 20.7 Å². The van der Waals surface area contributed by atoms with E-state index in [1.165, 1.54) is 20.7 Å². The van der Waals surface area contributed by atoms with Crippen LogP contribution in [0.15, 0.2) is 138 Å². The van der Waals surface area contributed by atoms with Crippen LogP contribution in [0.3, 0.4) is 0 Å². The third-order valence-corrected chi connectivity index (χ3v) is 38.9. The maximum atomic E-state index is 4.18. The molecule has 0 heterocycles. The zero-order valence-electron chi connectivity index (χ0n) is 24.8. The van der Waals surface area contributed by atoms with Crippen LogP contribution in [0.1, 0.15) is 0 Å². The highest BCUT2D eigenvalue weighted by atomic mass is 29.3. The van der Waals surface area contributed by atoms with Gasteiger partial charge in [0.1, 0.15) is 16.1 Å². The molecule has 0 bridgehead atoms. The van der Waals surface area contributed by atoms with Crippen molar-refractivity contribution in [2.24, 2.45) is 0 Å². The predicted molar refractivity (Wildman–Crippen MR) is 185 cm³/mol. The first-order chi connectivity index (χ1) is 18.5. The topological polar surface area (TPSA) is 0 Å². The number of benzene rings is 4. The van der Waals surface area contributed by atoms with E-state index >= 15 is 0 Å². The van der Waals surface area contributed by atoms with E-state index in [9.17, 15) is 0 Å². The molecule has 0 spiro atoms. The Morgan fingerprint density at radius 1 is 0.513 bits per heavy atom. The Bertz CT molecular complexity index is 1330. The summed E-state index contributed by atoms with van der Waals surface area (Å²) in [4.78, 5) is 1.67. The number of allylic oxidation sites excluding steroid dienone is 1. The average Bonchev–Trinajstić information content (AvgIpc) is 2.96. The highest BCUT2D eigenvalue weighted by Gasteiger charge is 2.49. The summed E-state index contributed by atoms with van der Waals surface area (Å²) in [5.74, 6) is 0. The molecule has 0 aliphatic rings. The van der Waals surface area contributed by atoms with E-state index in [2.05, 4.69) is 179 Å². The molecular formula is C35H44Si4. The fourth-order valence-corrected chi connectivity index (χ4v) is 27.1. The molecule has 0 aliphatic heterocycles. The third kappa shape index (κ3) is 5.91. The summed E-state index contributed by atoms with van der Waals surface area (Å²) in [5, 5.41) is 5.97. The summed E-state index contributed by atoms with van der Waals surface area (Å²) in [6.07, 6.45) is 2.47. The molecule has 200 valence electrons. The van der Waals surface area contributed by atoms with Crippen LogP contribution in [0.5, 0.6) is 0 Å². The number of rotatable bonds is 9. The minimum absolute atomic E-state index is 1.05. The molecule has 0 aromatic heterocycles. The molecule has 0 saturated carbocycles. The van der Waals surface area contributed by atoms with Gasteiger partial charge in [0.15, 0.2) is 0 Å². The summed E-state index contributed by atoms with van der Waals surface area (Å²) in [7, 11) is -7.51. The normalized spacial score (nSPS) is 12.5. The Kier molecular flexibility index (Phi) is 8.84. The Labute approximate surface area is 241 Å². The molecular weight excluding hydrogens is 533 g/mol. The third-order valence-electron chi connectivity index (χ3n) is 9.28. The SMILES string of the molecule is C[Si](CC=C=C([Si](C)(c1ccccc1)c1ccccc1)[Si](C)(C)[Si](C)(C)C)(c1ccccc1)c1ccccc1. The molecule has 0 unspecified atom stereocenters. The van der Waals surface area contributed by atoms with Crippen LogP contribution in [-0.4, -0.2) is 31.3 Å². The van der Waals surface area contributed by atoms with Gasteiger partial charge in [0.25, 0.3) is 0 Å². The van der Waals surface area contributed by atoms with Gasteiger partial charge in [0, 0.05) is 7.59 Å². The van der Waals surface area contributed by atoms with Crippen molar-refractivity contribution in [3.05, 3.63) is 138 Å². The monoisotopic (exact) mass is 576 g/mol. The first-order valence-corrected chi connectivity index (χ1v) is 26.9. The van der Waals surface area contributed by atoms with Crippen molar-refractivity contribution < 1.29 is 0 Å². The van der Waals surface area contributed by atoms with Gasteiger partial charge in [-0.25, -0.2) is 0 Å². The van der Waals surface area contributed by atoms with Gasteiger partial charge >= 0.3 is 0 Å². The smallest absolute Gasteiger partial charge is 0.135 e. The van der Waals surface area contributed by atoms with Crippen molar-refractivity contribution in [2.45, 2.75) is 51.9 Å². The van der Waals surface area contributed by atoms with E-state index < -0.39 is 31.3 Å². The van der Waals surface area contributed by atoms with E-state index in [1.54, 1.807) is 4.82 Å². The maximum Gasteiger partial charge on any atom is 0.145 e. The summed E-state index contributed by atoms with van der Waals surface area (Å²) in [6.45, 7) is 18.1. The van der Waals surface area contributed by atoms with Gasteiger partial charge in [-0.2, -0.15) is 0 Å². The minimum atomic E-state index is -2.24. The van der Waals surface area contributed by atoms with Crippen LogP contribution in [0.2, 0.25) is 51.9 Å². The van der Waals surface area contributed by atoms with Crippen molar-refractivity contribution in [1.29, 1.82) is 0 Å². The van der Waals surface area contributed by atoms with E-state index in [-0.39, 0.29) is 0 Å². The molecule has 39 heavy (non-hydrogen) atoms. The summed E-state index contributed by atoms with van der Waals surface area (Å²) in [5.41, 5.74) is 4.18. The van der Waals surface area contributed by atoms with Gasteiger partial charge < -0.3 is 0 Å². The van der Waals surface area contributed by atoms with Crippen molar-refractivity contribution in [3.8, 4) is 0 Å². The molecule has 0 radical (unpaired) electrons. The molecule has 0 amide bonds. The second-order valence-corrected chi connectivity index (χ2v) is 37.9. The first kappa shape index (κ1) is 29.3. The van der Waals surface area contributed by atoms with E-state index in [0.29, 0.717) is 0 Å². The lowest BCUT2D eigenvalue weighted by Gasteiger charge is -2.44. The van der Waals surface area contributed by atoms with E-state index in [4.69, 9.17) is 0 Å². The highest BCUT2D eigenvalue weighted by molar-refractivity contribution is 7.47. The van der Waals surface area contributed by atoms with Gasteiger partial charge in [-0.05, 0) is 27.3 Å². The fourth-order valence-electron chi connectivity index (χ4n) is 5.69. The molecule has 4 aromatic carbocycles. The fraction of sp³-hybridized carbons (Fsp3) is 0.229. The Morgan fingerprint density at radius 2 is 0.846 bits per heavy atom. The molecule has 0 fully saturated rings. The molecule has 0 atom stereocenters. The summed E-state index contributed by atoms with van der Waals surface area (Å²) in [6, 6.07) is 46.2. The van der Waals surface area contributed by atoms with Gasteiger partial charge in [0.2, 0.25) is 0 Å². The van der Waals surface area contributed by atoms with Crippen molar-refractivity contribution in [1.82, 2.24) is 0 Å². The van der Waals surface area contributed by atoms with Crippen LogP contribution in [0, 0.1) is 0 Å². The maximum absolute atomic E-state index is 4.18. The molecule has 4 heteroatoms. The first-order valence-electron chi connectivity index (χ1n) is 14.2. The summed E-state index contributed by atoms with van der Waals surface area (Å²) >= 11 is 0. The molecule has 0 nitrogen and oxygen atoms in total. The van der Waals surface area contributed by atoms with Crippen molar-refractivity contribution in [2.75, 3.05) is 0 Å². The van der Waals surface area contributed by atoms with Gasteiger partial charge in [0.05, 0.1) is 7.59 Å². The minimum Gasteiger partial charge on any atom is -0.135 e. The second-order valence-electron chi connectivity index (χ2n) is 12.7. The lowest BCUT2D eigenvalue weighted by Crippen LogP contribution is -2.68. The second kappa shape index (κ2) is 11.8. The van der Waals surface area contributed by atoms with Crippen LogP contribution in [0.25, 0.3) is 0 Å². The van der Waals surface area contributed by atoms with Crippen molar-refractivity contribution >= 4 is 52.1 Å². The Hall–Kier alpha value is -2.73. The van der Waals surface area contributed by atoms with Crippen LogP contribution in [-0.2, 0) is 0 Å². The molecule has 4 aromatic rings. The molecule has 0 saturated heterocycles. The van der Waals surface area contributed by atoms with Gasteiger partial charge in [-0.3, -0.25) is 0 Å².